The molecule has 0 unspecified atom stereocenters. The third kappa shape index (κ3) is 4.82. The van der Waals surface area contributed by atoms with Crippen molar-refractivity contribution < 1.29 is 22.7 Å². The van der Waals surface area contributed by atoms with Gasteiger partial charge in [-0.3, -0.25) is 0 Å². The van der Waals surface area contributed by atoms with Crippen LogP contribution in [0, 0.1) is 6.92 Å². The van der Waals surface area contributed by atoms with Crippen LogP contribution in [0.4, 0.5) is 0 Å². The van der Waals surface area contributed by atoms with E-state index in [-0.39, 0.29) is 11.4 Å². The van der Waals surface area contributed by atoms with E-state index in [1.165, 1.54) is 17.6 Å². The van der Waals surface area contributed by atoms with E-state index in [0.717, 1.165) is 16.9 Å². The third-order valence-corrected chi connectivity index (χ3v) is 6.66. The van der Waals surface area contributed by atoms with E-state index in [2.05, 4.69) is 4.72 Å². The molecule has 0 bridgehead atoms. The van der Waals surface area contributed by atoms with Crippen LogP contribution in [-0.2, 0) is 16.6 Å². The van der Waals surface area contributed by atoms with E-state index in [9.17, 15) is 13.5 Å². The van der Waals surface area contributed by atoms with Gasteiger partial charge in [-0.1, -0.05) is 6.92 Å². The fraction of sp³-hybridized carbons (Fsp3) is 0.300. The molecule has 6 nitrogen and oxygen atoms in total. The lowest BCUT2D eigenvalue weighted by Gasteiger charge is -2.11. The Hall–Kier alpha value is -2.13. The molecule has 150 valence electrons. The summed E-state index contributed by atoms with van der Waals surface area (Å²) in [6.45, 7) is 4.58. The number of rotatable bonds is 9. The molecule has 8 heteroatoms. The largest absolute Gasteiger partial charge is 0.493 e. The maximum atomic E-state index is 12.6. The molecular weight excluding hydrogens is 398 g/mol. The van der Waals surface area contributed by atoms with E-state index < -0.39 is 16.1 Å². The Morgan fingerprint density at radius 3 is 2.75 bits per heavy atom. The second-order valence-corrected chi connectivity index (χ2v) is 9.29. The molecule has 0 saturated heterocycles. The first kappa shape index (κ1) is 20.6. The molecule has 0 radical (unpaired) electrons. The fourth-order valence-electron chi connectivity index (χ4n) is 2.64. The monoisotopic (exact) mass is 421 g/mol. The molecule has 0 aliphatic rings. The second-order valence-electron chi connectivity index (χ2n) is 6.32. The predicted molar refractivity (Wildman–Crippen MR) is 108 cm³/mol. The Balaban J connectivity index is 1.66. The number of nitrogens with one attached hydrogen (secondary N) is 1. The molecule has 3 aromatic rings. The molecule has 0 aliphatic carbocycles. The van der Waals surface area contributed by atoms with E-state index >= 15 is 0 Å². The van der Waals surface area contributed by atoms with Crippen molar-refractivity contribution in [2.75, 3.05) is 6.61 Å². The molecule has 0 aliphatic heterocycles. The summed E-state index contributed by atoms with van der Waals surface area (Å²) in [5.74, 6) is 1.14. The van der Waals surface area contributed by atoms with E-state index in [4.69, 9.17) is 9.15 Å². The summed E-state index contributed by atoms with van der Waals surface area (Å²) in [7, 11) is -3.65. The maximum absolute atomic E-state index is 12.6. The number of sulfonamides is 1. The first-order chi connectivity index (χ1) is 13.4. The Kier molecular flexibility index (Phi) is 6.56. The minimum Gasteiger partial charge on any atom is -0.493 e. The molecular formula is C20H23NO5S2. The fourth-order valence-corrected chi connectivity index (χ4v) is 4.77. The van der Waals surface area contributed by atoms with Crippen LogP contribution >= 0.6 is 11.3 Å². The number of furan rings is 1. The lowest BCUT2D eigenvalue weighted by Crippen LogP contribution is -2.22. The third-order valence-electron chi connectivity index (χ3n) is 4.12. The zero-order valence-corrected chi connectivity index (χ0v) is 17.3. The average molecular weight is 422 g/mol. The van der Waals surface area contributed by atoms with Crippen LogP contribution in [0.15, 0.2) is 58.0 Å². The zero-order chi connectivity index (χ0) is 20.1. The summed E-state index contributed by atoms with van der Waals surface area (Å²) in [5, 5.41) is 10.3. The van der Waals surface area contributed by atoms with Gasteiger partial charge in [0.1, 0.15) is 17.6 Å². The number of aryl methyl sites for hydroxylation is 1. The van der Waals surface area contributed by atoms with E-state index in [0.29, 0.717) is 23.0 Å². The highest BCUT2D eigenvalue weighted by Crippen LogP contribution is 2.29. The average Bonchev–Trinajstić information content (AvgIpc) is 3.37. The SMILES string of the molecule is CCCOc1ccc(S(=O)(=O)NCc2ccc([C@H](O)c3ccco3)s2)cc1C. The van der Waals surface area contributed by atoms with Crippen LogP contribution in [0.1, 0.15) is 40.5 Å². The van der Waals surface area contributed by atoms with Gasteiger partial charge < -0.3 is 14.3 Å². The number of hydrogen-bond donors (Lipinski definition) is 2. The highest BCUT2D eigenvalue weighted by atomic mass is 32.2. The van der Waals surface area contributed by atoms with Crippen molar-refractivity contribution >= 4 is 21.4 Å². The lowest BCUT2D eigenvalue weighted by atomic mass is 10.2. The van der Waals surface area contributed by atoms with Gasteiger partial charge in [0, 0.05) is 16.3 Å². The molecule has 28 heavy (non-hydrogen) atoms. The summed E-state index contributed by atoms with van der Waals surface area (Å²) in [5.41, 5.74) is 0.774. The molecule has 1 atom stereocenters. The molecule has 0 spiro atoms. The number of thiophene rings is 1. The summed E-state index contributed by atoms with van der Waals surface area (Å²) >= 11 is 1.33. The summed E-state index contributed by atoms with van der Waals surface area (Å²) in [4.78, 5) is 1.68. The molecule has 2 aromatic heterocycles. The van der Waals surface area contributed by atoms with Crippen molar-refractivity contribution in [3.05, 3.63) is 69.8 Å². The first-order valence-electron chi connectivity index (χ1n) is 8.94. The smallest absolute Gasteiger partial charge is 0.240 e. The van der Waals surface area contributed by atoms with Crippen LogP contribution in [0.5, 0.6) is 5.75 Å². The van der Waals surface area contributed by atoms with Gasteiger partial charge in [0.25, 0.3) is 0 Å². The predicted octanol–water partition coefficient (Wildman–Crippen LogP) is 4.00. The number of benzene rings is 1. The summed E-state index contributed by atoms with van der Waals surface area (Å²) in [6, 6.07) is 11.8. The van der Waals surface area contributed by atoms with Gasteiger partial charge in [0.15, 0.2) is 0 Å². The molecule has 2 N–H and O–H groups in total. The van der Waals surface area contributed by atoms with Gasteiger partial charge in [-0.15, -0.1) is 11.3 Å². The van der Waals surface area contributed by atoms with Gasteiger partial charge in [-0.2, -0.15) is 0 Å². The van der Waals surface area contributed by atoms with Crippen molar-refractivity contribution in [2.45, 2.75) is 37.8 Å². The maximum Gasteiger partial charge on any atom is 0.240 e. The Morgan fingerprint density at radius 2 is 2.07 bits per heavy atom. The standard InChI is InChI=1S/C20H23NO5S2/c1-3-10-25-17-8-7-16(12-14(17)2)28(23,24)21-13-15-6-9-19(27-15)20(22)18-5-4-11-26-18/h4-9,11-12,20-22H,3,10,13H2,1-2H3/t20-/m1/s1. The van der Waals surface area contributed by atoms with E-state index in [1.54, 1.807) is 42.5 Å². The van der Waals surface area contributed by atoms with E-state index in [1.807, 2.05) is 13.8 Å². The Morgan fingerprint density at radius 1 is 1.25 bits per heavy atom. The highest BCUT2D eigenvalue weighted by molar-refractivity contribution is 7.89. The first-order valence-corrected chi connectivity index (χ1v) is 11.2. The van der Waals surface area contributed by atoms with Crippen LogP contribution < -0.4 is 9.46 Å². The number of aliphatic hydroxyl groups excluding tert-OH is 1. The summed E-state index contributed by atoms with van der Waals surface area (Å²) < 4.78 is 38.6. The highest BCUT2D eigenvalue weighted by Gasteiger charge is 2.18. The number of hydrogen-bond acceptors (Lipinski definition) is 6. The molecule has 0 fully saturated rings. The molecule has 3 rings (SSSR count). The second kappa shape index (κ2) is 8.91. The topological polar surface area (TPSA) is 88.8 Å². The Bertz CT molecular complexity index is 1010. The van der Waals surface area contributed by atoms with Gasteiger partial charge in [-0.05, 0) is 61.4 Å². The van der Waals surface area contributed by atoms with Crippen molar-refractivity contribution in [1.82, 2.24) is 4.72 Å². The number of ether oxygens (including phenoxy) is 1. The van der Waals surface area contributed by atoms with Crippen molar-refractivity contribution in [3.8, 4) is 5.75 Å². The molecule has 0 amide bonds. The zero-order valence-electron chi connectivity index (χ0n) is 15.7. The van der Waals surface area contributed by atoms with Gasteiger partial charge in [0.05, 0.1) is 17.8 Å². The van der Waals surface area contributed by atoms with Crippen LogP contribution in [0.25, 0.3) is 0 Å². The quantitative estimate of drug-likeness (QED) is 0.545. The molecule has 1 aromatic carbocycles. The van der Waals surface area contributed by atoms with Gasteiger partial charge >= 0.3 is 0 Å². The lowest BCUT2D eigenvalue weighted by molar-refractivity contribution is 0.193. The van der Waals surface area contributed by atoms with Crippen molar-refractivity contribution in [2.24, 2.45) is 0 Å². The molecule has 2 heterocycles. The van der Waals surface area contributed by atoms with Crippen LogP contribution in [0.2, 0.25) is 0 Å². The normalized spacial score (nSPS) is 12.8. The van der Waals surface area contributed by atoms with Crippen molar-refractivity contribution in [1.29, 1.82) is 0 Å². The number of aliphatic hydroxyl groups is 1. The molecule has 0 saturated carbocycles. The minimum absolute atomic E-state index is 0.144. The van der Waals surface area contributed by atoms with Crippen LogP contribution in [-0.4, -0.2) is 20.1 Å². The summed E-state index contributed by atoms with van der Waals surface area (Å²) in [6.07, 6.45) is 1.53. The van der Waals surface area contributed by atoms with Gasteiger partial charge in [0.2, 0.25) is 10.0 Å². The van der Waals surface area contributed by atoms with Gasteiger partial charge in [-0.25, -0.2) is 13.1 Å². The van der Waals surface area contributed by atoms with Crippen LogP contribution in [0.3, 0.4) is 0 Å². The minimum atomic E-state index is -3.65. The Labute approximate surface area is 168 Å². The van der Waals surface area contributed by atoms with Crippen molar-refractivity contribution in [3.63, 3.8) is 0 Å².